The van der Waals surface area contributed by atoms with Gasteiger partial charge in [0.2, 0.25) is 0 Å². The van der Waals surface area contributed by atoms with Gasteiger partial charge in [0.15, 0.2) is 5.79 Å². The molecule has 1 saturated heterocycles. The van der Waals surface area contributed by atoms with Crippen LogP contribution in [0.25, 0.3) is 0 Å². The summed E-state index contributed by atoms with van der Waals surface area (Å²) in [6.07, 6.45) is 10.3. The van der Waals surface area contributed by atoms with E-state index < -0.39 is 5.79 Å². The first-order valence-corrected chi connectivity index (χ1v) is 12.7. The van der Waals surface area contributed by atoms with Crippen LogP contribution in [-0.4, -0.2) is 30.7 Å². The van der Waals surface area contributed by atoms with Gasteiger partial charge >= 0.3 is 0 Å². The molecule has 0 amide bonds. The van der Waals surface area contributed by atoms with Gasteiger partial charge in [-0.05, 0) is 94.3 Å². The zero-order valence-corrected chi connectivity index (χ0v) is 20.2. The number of rotatable bonds is 2. The first-order chi connectivity index (χ1) is 14.1. The Morgan fingerprint density at radius 1 is 0.867 bits per heavy atom. The summed E-state index contributed by atoms with van der Waals surface area (Å²) in [5, 5.41) is 0. The maximum absolute atomic E-state index is 6.40. The van der Waals surface area contributed by atoms with Gasteiger partial charge in [-0.25, -0.2) is 9.78 Å². The highest BCUT2D eigenvalue weighted by Gasteiger charge is 2.71. The third-order valence-electron chi connectivity index (χ3n) is 10.2. The Morgan fingerprint density at radius 2 is 1.60 bits per heavy atom. The van der Waals surface area contributed by atoms with E-state index in [0.29, 0.717) is 24.5 Å². The molecule has 1 spiro atoms. The minimum atomic E-state index is -0.479. The molecule has 0 bridgehead atoms. The molecule has 0 aromatic carbocycles. The quantitative estimate of drug-likeness (QED) is 0.397. The molecule has 0 aromatic rings. The molecule has 172 valence electrons. The van der Waals surface area contributed by atoms with Gasteiger partial charge in [0, 0.05) is 6.42 Å². The molecule has 2 unspecified atom stereocenters. The normalized spacial score (nSPS) is 50.2. The molecule has 0 radical (unpaired) electrons. The van der Waals surface area contributed by atoms with Gasteiger partial charge in [0.1, 0.15) is 6.10 Å². The fourth-order valence-electron chi connectivity index (χ4n) is 8.65. The molecule has 4 saturated carbocycles. The topological polar surface area (TPSA) is 36.9 Å². The van der Waals surface area contributed by atoms with E-state index in [0.717, 1.165) is 36.5 Å². The average molecular weight is 421 g/mol. The third kappa shape index (κ3) is 3.07. The molecule has 30 heavy (non-hydrogen) atoms. The van der Waals surface area contributed by atoms with Crippen molar-refractivity contribution in [3.05, 3.63) is 0 Å². The Balaban J connectivity index is 1.50. The van der Waals surface area contributed by atoms with Crippen molar-refractivity contribution in [2.75, 3.05) is 13.2 Å². The molecule has 4 aliphatic carbocycles. The van der Waals surface area contributed by atoms with Crippen molar-refractivity contribution >= 4 is 0 Å². The van der Waals surface area contributed by atoms with Gasteiger partial charge in [0.05, 0.1) is 24.2 Å². The van der Waals surface area contributed by atoms with Crippen LogP contribution in [0.3, 0.4) is 0 Å². The lowest BCUT2D eigenvalue weighted by Gasteiger charge is -2.63. The van der Waals surface area contributed by atoms with Crippen LogP contribution < -0.4 is 0 Å². The minimum absolute atomic E-state index is 0.0264. The molecular weight excluding hydrogens is 376 g/mol. The molecular formula is C26H44O4. The van der Waals surface area contributed by atoms with Crippen molar-refractivity contribution in [1.82, 2.24) is 0 Å². The summed E-state index contributed by atoms with van der Waals surface area (Å²) >= 11 is 0. The van der Waals surface area contributed by atoms with Crippen molar-refractivity contribution in [3.63, 3.8) is 0 Å². The van der Waals surface area contributed by atoms with Crippen molar-refractivity contribution in [2.24, 2.45) is 40.4 Å². The second-order valence-corrected chi connectivity index (χ2v) is 12.8. The second kappa shape index (κ2) is 7.17. The lowest BCUT2D eigenvalue weighted by Crippen LogP contribution is -2.63. The van der Waals surface area contributed by atoms with E-state index >= 15 is 0 Å². The third-order valence-corrected chi connectivity index (χ3v) is 10.2. The fourth-order valence-corrected chi connectivity index (χ4v) is 8.65. The zero-order chi connectivity index (χ0) is 21.4. The molecule has 1 heterocycles. The van der Waals surface area contributed by atoms with Gasteiger partial charge in [0.25, 0.3) is 0 Å². The highest BCUT2D eigenvalue weighted by atomic mass is 17.2. The molecule has 8 atom stereocenters. The van der Waals surface area contributed by atoms with E-state index in [9.17, 15) is 0 Å². The van der Waals surface area contributed by atoms with Crippen LogP contribution in [0.2, 0.25) is 0 Å². The lowest BCUT2D eigenvalue weighted by atomic mass is 9.44. The average Bonchev–Trinajstić information content (AvgIpc) is 3.27. The Kier molecular flexibility index (Phi) is 5.18. The van der Waals surface area contributed by atoms with E-state index in [1.54, 1.807) is 0 Å². The van der Waals surface area contributed by atoms with Crippen molar-refractivity contribution in [2.45, 2.75) is 110 Å². The number of fused-ring (bicyclic) bond motifs is 6. The molecule has 1 aliphatic heterocycles. The van der Waals surface area contributed by atoms with E-state index in [4.69, 9.17) is 19.2 Å². The molecule has 5 rings (SSSR count). The van der Waals surface area contributed by atoms with Crippen LogP contribution in [0, 0.1) is 40.4 Å². The SMILES string of the molecule is C[C@@H]1CC[C@]2(C)C3CC(OOC(C)(C)C)[C@@]4(C)[C@@H](CCC45OCCO5)[C@@H]3CC[C@@H]2C1. The standard InChI is InChI=1S/C26H44O4/c1-17-9-11-24(5)18(15-17)7-8-19-20-10-12-26(27-13-14-28-26)25(20,6)22(16-21(19)24)29-30-23(2,3)4/h17-22H,7-16H2,1-6H3/t17-,18-,19+,20+,21?,22?,24+,25-/m1/s1. The Labute approximate surface area is 183 Å². The second-order valence-electron chi connectivity index (χ2n) is 12.8. The maximum atomic E-state index is 6.40. The van der Waals surface area contributed by atoms with Crippen LogP contribution >= 0.6 is 0 Å². The van der Waals surface area contributed by atoms with Crippen molar-refractivity contribution < 1.29 is 19.2 Å². The van der Waals surface area contributed by atoms with Gasteiger partial charge < -0.3 is 9.47 Å². The maximum Gasteiger partial charge on any atom is 0.176 e. The first kappa shape index (κ1) is 21.7. The van der Waals surface area contributed by atoms with E-state index in [-0.39, 0.29) is 17.1 Å². The highest BCUT2D eigenvalue weighted by molar-refractivity contribution is 5.16. The van der Waals surface area contributed by atoms with Crippen LogP contribution in [-0.2, 0) is 19.2 Å². The number of ether oxygens (including phenoxy) is 2. The Bertz CT molecular complexity index is 650. The van der Waals surface area contributed by atoms with Crippen molar-refractivity contribution in [1.29, 1.82) is 0 Å². The van der Waals surface area contributed by atoms with Crippen LogP contribution in [0.5, 0.6) is 0 Å². The van der Waals surface area contributed by atoms with E-state index in [2.05, 4.69) is 41.5 Å². The Hall–Kier alpha value is -0.160. The van der Waals surface area contributed by atoms with Crippen LogP contribution in [0.4, 0.5) is 0 Å². The van der Waals surface area contributed by atoms with Crippen LogP contribution in [0.15, 0.2) is 0 Å². The lowest BCUT2D eigenvalue weighted by molar-refractivity contribution is -0.420. The predicted molar refractivity (Wildman–Crippen MR) is 117 cm³/mol. The van der Waals surface area contributed by atoms with Crippen LogP contribution in [0.1, 0.15) is 92.9 Å². The summed E-state index contributed by atoms with van der Waals surface area (Å²) in [5.74, 6) is 3.39. The summed E-state index contributed by atoms with van der Waals surface area (Å²) in [4.78, 5) is 12.4. The minimum Gasteiger partial charge on any atom is -0.347 e. The number of hydrogen-bond acceptors (Lipinski definition) is 4. The first-order valence-electron chi connectivity index (χ1n) is 12.7. The molecule has 4 nitrogen and oxygen atoms in total. The summed E-state index contributed by atoms with van der Waals surface area (Å²) < 4.78 is 12.8. The fraction of sp³-hybridized carbons (Fsp3) is 1.00. The van der Waals surface area contributed by atoms with Gasteiger partial charge in [-0.2, -0.15) is 0 Å². The van der Waals surface area contributed by atoms with Crippen molar-refractivity contribution in [3.8, 4) is 0 Å². The monoisotopic (exact) mass is 420 g/mol. The molecule has 5 fully saturated rings. The highest BCUT2D eigenvalue weighted by Crippen LogP contribution is 2.70. The molecule has 0 N–H and O–H groups in total. The Morgan fingerprint density at radius 3 is 2.30 bits per heavy atom. The largest absolute Gasteiger partial charge is 0.347 e. The summed E-state index contributed by atoms with van der Waals surface area (Å²) in [6, 6.07) is 0. The molecule has 5 aliphatic rings. The molecule has 4 heteroatoms. The number of hydrogen-bond donors (Lipinski definition) is 0. The van der Waals surface area contributed by atoms with E-state index in [1.807, 2.05) is 0 Å². The summed E-state index contributed by atoms with van der Waals surface area (Å²) in [5.41, 5.74) is -0.000545. The zero-order valence-electron chi connectivity index (χ0n) is 20.2. The van der Waals surface area contributed by atoms with Gasteiger partial charge in [-0.1, -0.05) is 27.2 Å². The van der Waals surface area contributed by atoms with Gasteiger partial charge in [-0.3, -0.25) is 0 Å². The summed E-state index contributed by atoms with van der Waals surface area (Å²) in [7, 11) is 0. The van der Waals surface area contributed by atoms with E-state index in [1.165, 1.54) is 38.5 Å². The van der Waals surface area contributed by atoms with Gasteiger partial charge in [-0.15, -0.1) is 0 Å². The predicted octanol–water partition coefficient (Wildman–Crippen LogP) is 6.13. The summed E-state index contributed by atoms with van der Waals surface area (Å²) in [6.45, 7) is 15.1. The molecule has 0 aromatic heterocycles. The smallest absolute Gasteiger partial charge is 0.176 e.